The third kappa shape index (κ3) is 2.92. The van der Waals surface area contributed by atoms with E-state index in [-0.39, 0.29) is 17.1 Å². The van der Waals surface area contributed by atoms with Crippen LogP contribution >= 0.6 is 0 Å². The van der Waals surface area contributed by atoms with Gasteiger partial charge in [-0.05, 0) is 19.9 Å². The summed E-state index contributed by atoms with van der Waals surface area (Å²) in [5, 5.41) is 14.3. The zero-order valence-electron chi connectivity index (χ0n) is 10.6. The first kappa shape index (κ1) is 15.1. The van der Waals surface area contributed by atoms with Crippen molar-refractivity contribution in [3.05, 3.63) is 29.8 Å². The van der Waals surface area contributed by atoms with Crippen LogP contribution < -0.4 is 5.14 Å². The van der Waals surface area contributed by atoms with Gasteiger partial charge < -0.3 is 4.74 Å². The lowest BCUT2D eigenvalue weighted by atomic mass is 9.84. The van der Waals surface area contributed by atoms with Gasteiger partial charge >= 0.3 is 5.97 Å². The quantitative estimate of drug-likeness (QED) is 0.816. The first-order chi connectivity index (χ1) is 8.77. The van der Waals surface area contributed by atoms with Gasteiger partial charge in [-0.25, -0.2) is 18.4 Å². The lowest BCUT2D eigenvalue weighted by Crippen LogP contribution is -2.35. The summed E-state index contributed by atoms with van der Waals surface area (Å²) in [4.78, 5) is 11.6. The van der Waals surface area contributed by atoms with E-state index in [1.807, 2.05) is 0 Å². The maximum atomic E-state index is 11.9. The Kier molecular flexibility index (Phi) is 4.29. The molecule has 7 heteroatoms. The van der Waals surface area contributed by atoms with Crippen LogP contribution in [0.15, 0.2) is 29.2 Å². The SMILES string of the molecule is CCOC(=O)C(C)(C#N)c1ccccc1S(N)(=O)=O. The summed E-state index contributed by atoms with van der Waals surface area (Å²) in [6.07, 6.45) is 0. The van der Waals surface area contributed by atoms with E-state index in [0.29, 0.717) is 0 Å². The van der Waals surface area contributed by atoms with Crippen molar-refractivity contribution in [1.82, 2.24) is 0 Å². The summed E-state index contributed by atoms with van der Waals surface area (Å²) in [5.74, 6) is -0.811. The van der Waals surface area contributed by atoms with Crippen molar-refractivity contribution in [2.45, 2.75) is 24.2 Å². The minimum Gasteiger partial charge on any atom is -0.465 e. The molecule has 1 atom stereocenters. The number of rotatable bonds is 4. The Morgan fingerprint density at radius 3 is 2.53 bits per heavy atom. The standard InChI is InChI=1S/C12H14N2O4S/c1-3-18-11(15)12(2,8-13)9-6-4-5-7-10(9)19(14,16)17/h4-7H,3H2,1-2H3,(H2,14,16,17). The third-order valence-corrected chi connectivity index (χ3v) is 3.61. The molecule has 1 aromatic carbocycles. The van der Waals surface area contributed by atoms with Crippen LogP contribution in [0.4, 0.5) is 0 Å². The zero-order valence-corrected chi connectivity index (χ0v) is 11.4. The molecule has 0 radical (unpaired) electrons. The van der Waals surface area contributed by atoms with Crippen molar-refractivity contribution in [2.24, 2.45) is 5.14 Å². The molecule has 2 N–H and O–H groups in total. The number of esters is 1. The van der Waals surface area contributed by atoms with Crippen molar-refractivity contribution >= 4 is 16.0 Å². The molecule has 0 fully saturated rings. The van der Waals surface area contributed by atoms with Gasteiger partial charge in [0.05, 0.1) is 17.6 Å². The van der Waals surface area contributed by atoms with E-state index in [4.69, 9.17) is 9.88 Å². The number of nitrogens with two attached hydrogens (primary N) is 1. The number of ether oxygens (including phenoxy) is 1. The van der Waals surface area contributed by atoms with Gasteiger partial charge in [0.15, 0.2) is 5.41 Å². The van der Waals surface area contributed by atoms with Gasteiger partial charge in [0.1, 0.15) is 0 Å². The first-order valence-corrected chi connectivity index (χ1v) is 7.02. The van der Waals surface area contributed by atoms with Crippen molar-refractivity contribution in [2.75, 3.05) is 6.61 Å². The Bertz CT molecular complexity index is 633. The molecular weight excluding hydrogens is 268 g/mol. The summed E-state index contributed by atoms with van der Waals surface area (Å²) in [6, 6.07) is 7.41. The second-order valence-corrected chi connectivity index (χ2v) is 5.53. The van der Waals surface area contributed by atoms with Crippen molar-refractivity contribution < 1.29 is 17.9 Å². The van der Waals surface area contributed by atoms with Crippen LogP contribution in [0.5, 0.6) is 0 Å². The molecule has 0 aromatic heterocycles. The lowest BCUT2D eigenvalue weighted by Gasteiger charge is -2.21. The van der Waals surface area contributed by atoms with Gasteiger partial charge in [-0.1, -0.05) is 18.2 Å². The minimum absolute atomic E-state index is 0.0125. The highest BCUT2D eigenvalue weighted by Gasteiger charge is 2.40. The Labute approximate surface area is 111 Å². The van der Waals surface area contributed by atoms with Gasteiger partial charge in [0.25, 0.3) is 0 Å². The molecule has 1 rings (SSSR count). The molecule has 19 heavy (non-hydrogen) atoms. The summed E-state index contributed by atoms with van der Waals surface area (Å²) in [5.41, 5.74) is -1.71. The highest BCUT2D eigenvalue weighted by Crippen LogP contribution is 2.30. The molecule has 0 saturated heterocycles. The molecule has 0 aliphatic rings. The van der Waals surface area contributed by atoms with E-state index < -0.39 is 21.4 Å². The predicted molar refractivity (Wildman–Crippen MR) is 67.4 cm³/mol. The molecule has 0 aliphatic carbocycles. The molecule has 0 amide bonds. The van der Waals surface area contributed by atoms with Crippen molar-refractivity contribution in [3.8, 4) is 6.07 Å². The van der Waals surface area contributed by atoms with Gasteiger partial charge in [-0.15, -0.1) is 0 Å². The first-order valence-electron chi connectivity index (χ1n) is 5.48. The molecule has 0 aliphatic heterocycles. The van der Waals surface area contributed by atoms with E-state index in [0.717, 1.165) is 0 Å². The topological polar surface area (TPSA) is 110 Å². The van der Waals surface area contributed by atoms with E-state index in [2.05, 4.69) is 0 Å². The average Bonchev–Trinajstić information content (AvgIpc) is 2.37. The number of carbonyl (C=O) groups is 1. The second kappa shape index (κ2) is 5.38. The molecule has 1 aromatic rings. The van der Waals surface area contributed by atoms with E-state index in [1.54, 1.807) is 13.0 Å². The van der Waals surface area contributed by atoms with Crippen LogP contribution in [0.1, 0.15) is 19.4 Å². The molecule has 0 saturated carbocycles. The molecule has 0 heterocycles. The maximum Gasteiger partial charge on any atom is 0.330 e. The van der Waals surface area contributed by atoms with Crippen LogP contribution in [0.3, 0.4) is 0 Å². The summed E-state index contributed by atoms with van der Waals surface area (Å²) < 4.78 is 27.8. The van der Waals surface area contributed by atoms with Crippen LogP contribution in [-0.4, -0.2) is 21.0 Å². The maximum absolute atomic E-state index is 11.9. The number of nitriles is 1. The highest BCUT2D eigenvalue weighted by atomic mass is 32.2. The van der Waals surface area contributed by atoms with Crippen molar-refractivity contribution in [1.29, 1.82) is 5.26 Å². The number of primary sulfonamides is 1. The normalized spacial score (nSPS) is 14.2. The fourth-order valence-corrected chi connectivity index (χ4v) is 2.47. The summed E-state index contributed by atoms with van der Waals surface area (Å²) in [7, 11) is -4.03. The van der Waals surface area contributed by atoms with Crippen LogP contribution in [0, 0.1) is 11.3 Å². The lowest BCUT2D eigenvalue weighted by molar-refractivity contribution is -0.147. The monoisotopic (exact) mass is 282 g/mol. The molecule has 0 spiro atoms. The number of hydrogen-bond donors (Lipinski definition) is 1. The zero-order chi connectivity index (χ0) is 14.7. The number of nitrogens with zero attached hydrogens (tertiary/aromatic N) is 1. The number of carbonyl (C=O) groups excluding carboxylic acids is 1. The summed E-state index contributed by atoms with van der Waals surface area (Å²) in [6.45, 7) is 2.99. The number of sulfonamides is 1. The highest BCUT2D eigenvalue weighted by molar-refractivity contribution is 7.89. The van der Waals surface area contributed by atoms with Gasteiger partial charge in [0, 0.05) is 5.56 Å². The van der Waals surface area contributed by atoms with E-state index >= 15 is 0 Å². The minimum atomic E-state index is -4.03. The molecule has 0 bridgehead atoms. The molecule has 1 unspecified atom stereocenters. The Hall–Kier alpha value is -1.91. The van der Waals surface area contributed by atoms with E-state index in [1.165, 1.54) is 31.2 Å². The number of benzene rings is 1. The summed E-state index contributed by atoms with van der Waals surface area (Å²) >= 11 is 0. The molecule has 6 nitrogen and oxygen atoms in total. The largest absolute Gasteiger partial charge is 0.465 e. The Morgan fingerprint density at radius 2 is 2.05 bits per heavy atom. The van der Waals surface area contributed by atoms with E-state index in [9.17, 15) is 18.5 Å². The predicted octanol–water partition coefficient (Wildman–Crippen LogP) is 0.678. The average molecular weight is 282 g/mol. The molecule has 102 valence electrons. The van der Waals surface area contributed by atoms with Gasteiger partial charge in [-0.3, -0.25) is 0 Å². The third-order valence-electron chi connectivity index (χ3n) is 2.64. The van der Waals surface area contributed by atoms with Crippen LogP contribution in [0.25, 0.3) is 0 Å². The fraction of sp³-hybridized carbons (Fsp3) is 0.333. The Balaban J connectivity index is 3.52. The Morgan fingerprint density at radius 1 is 1.47 bits per heavy atom. The van der Waals surface area contributed by atoms with Crippen molar-refractivity contribution in [3.63, 3.8) is 0 Å². The smallest absolute Gasteiger partial charge is 0.330 e. The van der Waals surface area contributed by atoms with Crippen LogP contribution in [-0.2, 0) is 25.0 Å². The molecular formula is C12H14N2O4S. The van der Waals surface area contributed by atoms with Gasteiger partial charge in [-0.2, -0.15) is 5.26 Å². The second-order valence-electron chi connectivity index (χ2n) is 4.00. The fourth-order valence-electron chi connectivity index (χ4n) is 1.62. The van der Waals surface area contributed by atoms with Crippen LogP contribution in [0.2, 0.25) is 0 Å². The number of hydrogen-bond acceptors (Lipinski definition) is 5. The van der Waals surface area contributed by atoms with Gasteiger partial charge in [0.2, 0.25) is 10.0 Å².